The largest absolute Gasteiger partial charge is 0.426 e. The van der Waals surface area contributed by atoms with Crippen LogP contribution in [0.1, 0.15) is 38.3 Å². The second-order valence-electron chi connectivity index (χ2n) is 6.40. The first-order valence-corrected chi connectivity index (χ1v) is 9.99. The second kappa shape index (κ2) is 8.81. The molecule has 0 radical (unpaired) electrons. The highest BCUT2D eigenvalue weighted by atomic mass is 35.5. The minimum atomic E-state index is -0.560. The molecule has 0 unspecified atom stereocenters. The molecule has 0 aliphatic carbocycles. The number of carbonyl (C=O) groups excluding carboxylic acids is 1. The Morgan fingerprint density at radius 3 is 2.89 bits per heavy atom. The lowest BCUT2D eigenvalue weighted by molar-refractivity contribution is -0.118. The molecule has 3 rings (SSSR count). The third-order valence-electron chi connectivity index (χ3n) is 4.22. The summed E-state index contributed by atoms with van der Waals surface area (Å²) in [4.78, 5) is 19.5. The predicted octanol–water partition coefficient (Wildman–Crippen LogP) is 4.58. The van der Waals surface area contributed by atoms with Crippen LogP contribution in [-0.2, 0) is 4.79 Å². The molecule has 2 atom stereocenters. The first kappa shape index (κ1) is 20.4. The molecule has 2 aromatic heterocycles. The van der Waals surface area contributed by atoms with Gasteiger partial charge in [0, 0.05) is 36.5 Å². The van der Waals surface area contributed by atoms with Gasteiger partial charge in [-0.25, -0.2) is 9.37 Å². The molecule has 1 aromatic carbocycles. The third kappa shape index (κ3) is 4.57. The lowest BCUT2D eigenvalue weighted by Gasteiger charge is -2.23. The van der Waals surface area contributed by atoms with Crippen molar-refractivity contribution in [3.63, 3.8) is 0 Å². The molecule has 9 heteroatoms. The average Bonchev–Trinajstić information content (AvgIpc) is 3.05. The lowest BCUT2D eigenvalue weighted by Crippen LogP contribution is -2.34. The van der Waals surface area contributed by atoms with Gasteiger partial charge in [0.25, 0.3) is 5.19 Å². The van der Waals surface area contributed by atoms with Gasteiger partial charge in [0.1, 0.15) is 0 Å². The van der Waals surface area contributed by atoms with Crippen LogP contribution >= 0.6 is 22.9 Å². The number of halogens is 2. The van der Waals surface area contributed by atoms with E-state index >= 15 is 4.39 Å². The van der Waals surface area contributed by atoms with Crippen molar-refractivity contribution in [2.45, 2.75) is 38.8 Å². The number of nitrogens with zero attached hydrogens (tertiary/aromatic N) is 2. The van der Waals surface area contributed by atoms with E-state index in [4.69, 9.17) is 22.1 Å². The van der Waals surface area contributed by atoms with Crippen molar-refractivity contribution in [3.05, 3.63) is 47.0 Å². The van der Waals surface area contributed by atoms with E-state index in [2.05, 4.69) is 15.3 Å². The van der Waals surface area contributed by atoms with Gasteiger partial charge in [0.05, 0.1) is 15.2 Å². The van der Waals surface area contributed by atoms with Gasteiger partial charge in [0.15, 0.2) is 11.6 Å². The Bertz CT molecular complexity index is 964. The number of fused-ring (bicyclic) bond motifs is 1. The monoisotopic (exact) mass is 422 g/mol. The van der Waals surface area contributed by atoms with Gasteiger partial charge < -0.3 is 15.8 Å². The number of ether oxygens (including phenoxy) is 1. The Hall–Kier alpha value is -2.29. The average molecular weight is 423 g/mol. The van der Waals surface area contributed by atoms with Crippen LogP contribution in [-0.4, -0.2) is 21.9 Å². The molecule has 2 heterocycles. The molecule has 0 spiro atoms. The summed E-state index contributed by atoms with van der Waals surface area (Å²) in [5.74, 6) is -1.05. The van der Waals surface area contributed by atoms with Gasteiger partial charge in [-0.1, -0.05) is 35.9 Å². The molecule has 0 saturated heterocycles. The zero-order valence-electron chi connectivity index (χ0n) is 15.4. The van der Waals surface area contributed by atoms with Crippen molar-refractivity contribution < 1.29 is 13.9 Å². The number of hydrogen-bond donors (Lipinski definition) is 2. The summed E-state index contributed by atoms with van der Waals surface area (Å²) < 4.78 is 21.8. The number of pyridine rings is 1. The Kier molecular flexibility index (Phi) is 6.43. The summed E-state index contributed by atoms with van der Waals surface area (Å²) in [6.07, 6.45) is 4.07. The summed E-state index contributed by atoms with van der Waals surface area (Å²) in [6.45, 7) is 3.75. The van der Waals surface area contributed by atoms with Gasteiger partial charge in [-0.15, -0.1) is 0 Å². The van der Waals surface area contributed by atoms with Crippen LogP contribution in [0.5, 0.6) is 10.9 Å². The number of primary amides is 1. The molecular formula is C19H20ClFN4O2S. The number of nitrogens with one attached hydrogen (secondary N) is 1. The Labute approximate surface area is 170 Å². The fraction of sp³-hybridized carbons (Fsp3) is 0.316. The minimum Gasteiger partial charge on any atom is -0.426 e. The molecule has 0 aliphatic heterocycles. The zero-order chi connectivity index (χ0) is 20.3. The van der Waals surface area contributed by atoms with E-state index in [9.17, 15) is 4.79 Å². The summed E-state index contributed by atoms with van der Waals surface area (Å²) in [5, 5.41) is 3.66. The lowest BCUT2D eigenvalue weighted by atomic mass is 10.0. The number of aromatic nitrogens is 2. The third-order valence-corrected chi connectivity index (χ3v) is 5.40. The SMILES string of the molecule is CC[C@@H](N[C@H](C)CC(N)=O)c1ccc(Cl)c(Oc2nc3ccncc3s2)c1F. The van der Waals surface area contributed by atoms with Crippen LogP contribution in [0.3, 0.4) is 0 Å². The molecule has 0 bridgehead atoms. The first-order chi connectivity index (χ1) is 13.4. The highest BCUT2D eigenvalue weighted by Crippen LogP contribution is 2.38. The van der Waals surface area contributed by atoms with E-state index in [1.165, 1.54) is 11.3 Å². The number of hydrogen-bond acceptors (Lipinski definition) is 6. The van der Waals surface area contributed by atoms with E-state index in [1.54, 1.807) is 30.6 Å². The van der Waals surface area contributed by atoms with Crippen molar-refractivity contribution in [2.75, 3.05) is 0 Å². The smallest absolute Gasteiger partial charge is 0.280 e. The molecule has 148 valence electrons. The molecule has 0 fully saturated rings. The maximum absolute atomic E-state index is 15.2. The standard InChI is InChI=1S/C19H20ClFN4O2S/c1-3-13(24-10(2)8-16(22)26)11-4-5-12(20)18(17(11)21)27-19-25-14-6-7-23-9-15(14)28-19/h4-7,9-10,13,24H,3,8H2,1-2H3,(H2,22,26)/t10-,13-/m1/s1. The van der Waals surface area contributed by atoms with E-state index in [-0.39, 0.29) is 34.5 Å². The molecule has 6 nitrogen and oxygen atoms in total. The molecule has 3 N–H and O–H groups in total. The number of thiazole rings is 1. The van der Waals surface area contributed by atoms with E-state index in [1.807, 2.05) is 13.8 Å². The Morgan fingerprint density at radius 2 is 2.21 bits per heavy atom. The van der Waals surface area contributed by atoms with Gasteiger partial charge in [0.2, 0.25) is 5.91 Å². The maximum atomic E-state index is 15.2. The van der Waals surface area contributed by atoms with E-state index in [0.29, 0.717) is 12.0 Å². The maximum Gasteiger partial charge on any atom is 0.280 e. The van der Waals surface area contributed by atoms with Crippen LogP contribution < -0.4 is 15.8 Å². The highest BCUT2D eigenvalue weighted by Gasteiger charge is 2.23. The van der Waals surface area contributed by atoms with Crippen LogP contribution in [0.2, 0.25) is 5.02 Å². The van der Waals surface area contributed by atoms with Crippen molar-refractivity contribution >= 4 is 39.1 Å². The molecule has 1 amide bonds. The number of rotatable bonds is 8. The van der Waals surface area contributed by atoms with Crippen LogP contribution in [0.25, 0.3) is 10.2 Å². The van der Waals surface area contributed by atoms with Crippen molar-refractivity contribution in [2.24, 2.45) is 5.73 Å². The molecule has 0 aliphatic rings. The fourth-order valence-electron chi connectivity index (χ4n) is 2.93. The predicted molar refractivity (Wildman–Crippen MR) is 108 cm³/mol. The van der Waals surface area contributed by atoms with Gasteiger partial charge in [-0.3, -0.25) is 9.78 Å². The van der Waals surface area contributed by atoms with E-state index < -0.39 is 11.7 Å². The zero-order valence-corrected chi connectivity index (χ0v) is 17.0. The van der Waals surface area contributed by atoms with Crippen molar-refractivity contribution in [3.8, 4) is 10.9 Å². The molecule has 0 saturated carbocycles. The normalized spacial score (nSPS) is 13.4. The number of nitrogens with two attached hydrogens (primary N) is 1. The quantitative estimate of drug-likeness (QED) is 0.554. The van der Waals surface area contributed by atoms with E-state index in [0.717, 1.165) is 10.2 Å². The number of benzene rings is 1. The first-order valence-electron chi connectivity index (χ1n) is 8.79. The minimum absolute atomic E-state index is 0.0750. The Morgan fingerprint density at radius 1 is 1.43 bits per heavy atom. The number of carbonyl (C=O) groups is 1. The second-order valence-corrected chi connectivity index (χ2v) is 7.80. The van der Waals surface area contributed by atoms with Crippen LogP contribution in [0.4, 0.5) is 4.39 Å². The summed E-state index contributed by atoms with van der Waals surface area (Å²) in [5.41, 5.74) is 6.36. The highest BCUT2D eigenvalue weighted by molar-refractivity contribution is 7.20. The number of amides is 1. The fourth-order valence-corrected chi connectivity index (χ4v) is 3.91. The topological polar surface area (TPSA) is 90.1 Å². The summed E-state index contributed by atoms with van der Waals surface area (Å²) in [6, 6.07) is 4.44. The van der Waals surface area contributed by atoms with Crippen molar-refractivity contribution in [1.82, 2.24) is 15.3 Å². The van der Waals surface area contributed by atoms with Gasteiger partial charge >= 0.3 is 0 Å². The summed E-state index contributed by atoms with van der Waals surface area (Å²) >= 11 is 7.45. The van der Waals surface area contributed by atoms with Gasteiger partial charge in [-0.2, -0.15) is 0 Å². The summed E-state index contributed by atoms with van der Waals surface area (Å²) in [7, 11) is 0. The molecule has 3 aromatic rings. The van der Waals surface area contributed by atoms with Crippen LogP contribution in [0, 0.1) is 5.82 Å². The van der Waals surface area contributed by atoms with Gasteiger partial charge in [-0.05, 0) is 25.5 Å². The van der Waals surface area contributed by atoms with Crippen LogP contribution in [0.15, 0.2) is 30.6 Å². The Balaban J connectivity index is 1.89. The molecule has 28 heavy (non-hydrogen) atoms. The molecular weight excluding hydrogens is 403 g/mol. The van der Waals surface area contributed by atoms with Crippen molar-refractivity contribution in [1.29, 1.82) is 0 Å².